The van der Waals surface area contributed by atoms with Crippen LogP contribution in [-0.2, 0) is 4.79 Å². The quantitative estimate of drug-likeness (QED) is 0.852. The van der Waals surface area contributed by atoms with E-state index in [0.717, 1.165) is 11.3 Å². The zero-order chi connectivity index (χ0) is 17.9. The van der Waals surface area contributed by atoms with Crippen molar-refractivity contribution in [2.45, 2.75) is 41.0 Å². The molecule has 1 heterocycles. The summed E-state index contributed by atoms with van der Waals surface area (Å²) in [6, 6.07) is 7.07. The van der Waals surface area contributed by atoms with Crippen molar-refractivity contribution >= 4 is 23.2 Å². The van der Waals surface area contributed by atoms with E-state index in [-0.39, 0.29) is 11.8 Å². The molecule has 0 aliphatic carbocycles. The number of amides is 2. The van der Waals surface area contributed by atoms with Crippen LogP contribution in [0.1, 0.15) is 47.7 Å². The van der Waals surface area contributed by atoms with Crippen molar-refractivity contribution in [3.05, 3.63) is 46.9 Å². The van der Waals surface area contributed by atoms with Gasteiger partial charge in [0.2, 0.25) is 5.91 Å². The van der Waals surface area contributed by atoms with Crippen molar-refractivity contribution in [3.63, 3.8) is 0 Å². The zero-order valence-corrected chi connectivity index (χ0v) is 14.8. The van der Waals surface area contributed by atoms with E-state index in [1.54, 1.807) is 31.2 Å². The second kappa shape index (κ2) is 7.34. The van der Waals surface area contributed by atoms with Crippen molar-refractivity contribution < 1.29 is 14.0 Å². The summed E-state index contributed by atoms with van der Waals surface area (Å²) < 4.78 is 5.49. The summed E-state index contributed by atoms with van der Waals surface area (Å²) in [7, 11) is 0. The minimum atomic E-state index is -0.196. The molecule has 1 aromatic carbocycles. The van der Waals surface area contributed by atoms with Crippen LogP contribution in [0.2, 0.25) is 0 Å². The second-order valence-corrected chi connectivity index (χ2v) is 6.39. The number of carbonyl (C=O) groups is 2. The topological polar surface area (TPSA) is 71.3 Å². The normalized spacial score (nSPS) is 10.8. The molecule has 2 N–H and O–H groups in total. The van der Waals surface area contributed by atoms with Gasteiger partial charge in [-0.2, -0.15) is 0 Å². The first-order valence-corrected chi connectivity index (χ1v) is 8.05. The van der Waals surface area contributed by atoms with E-state index < -0.39 is 0 Å². The maximum absolute atomic E-state index is 12.4. The van der Waals surface area contributed by atoms with Gasteiger partial charge >= 0.3 is 0 Å². The Kier molecular flexibility index (Phi) is 5.44. The molecule has 5 nitrogen and oxygen atoms in total. The van der Waals surface area contributed by atoms with E-state index in [0.29, 0.717) is 35.0 Å². The molecule has 0 aliphatic rings. The number of hydrogen-bond donors (Lipinski definition) is 2. The summed E-state index contributed by atoms with van der Waals surface area (Å²) in [5.74, 6) is 1.47. The van der Waals surface area contributed by atoms with Crippen LogP contribution in [0.25, 0.3) is 0 Å². The van der Waals surface area contributed by atoms with Crippen LogP contribution in [0.15, 0.2) is 28.7 Å². The van der Waals surface area contributed by atoms with Crippen LogP contribution in [0, 0.1) is 26.7 Å². The predicted molar refractivity (Wildman–Crippen MR) is 95.4 cm³/mol. The first kappa shape index (κ1) is 17.8. The number of aryl methyl sites for hydroxylation is 2. The number of nitrogens with one attached hydrogen (secondary N) is 2. The Bertz CT molecular complexity index is 743. The van der Waals surface area contributed by atoms with Gasteiger partial charge in [-0.15, -0.1) is 0 Å². The van der Waals surface area contributed by atoms with E-state index in [4.69, 9.17) is 4.42 Å². The van der Waals surface area contributed by atoms with Crippen molar-refractivity contribution in [1.82, 2.24) is 0 Å². The Morgan fingerprint density at radius 2 is 1.50 bits per heavy atom. The molecular formula is C19H24N2O3. The monoisotopic (exact) mass is 328 g/mol. The number of furan rings is 1. The molecule has 24 heavy (non-hydrogen) atoms. The highest BCUT2D eigenvalue weighted by Crippen LogP contribution is 2.22. The largest absolute Gasteiger partial charge is 0.466 e. The average molecular weight is 328 g/mol. The highest BCUT2D eigenvalue weighted by molar-refractivity contribution is 6.06. The van der Waals surface area contributed by atoms with E-state index in [9.17, 15) is 9.59 Å². The Morgan fingerprint density at radius 1 is 0.958 bits per heavy atom. The molecule has 5 heteroatoms. The second-order valence-electron chi connectivity index (χ2n) is 6.39. The molecule has 0 radical (unpaired) electrons. The van der Waals surface area contributed by atoms with Crippen LogP contribution in [0.3, 0.4) is 0 Å². The van der Waals surface area contributed by atoms with Crippen LogP contribution in [0.5, 0.6) is 0 Å². The number of hydrogen-bond acceptors (Lipinski definition) is 3. The summed E-state index contributed by atoms with van der Waals surface area (Å²) in [5, 5.41) is 5.69. The van der Waals surface area contributed by atoms with Gasteiger partial charge in [-0.05, 0) is 51.0 Å². The third kappa shape index (κ3) is 4.25. The highest BCUT2D eigenvalue weighted by atomic mass is 16.3. The van der Waals surface area contributed by atoms with Gasteiger partial charge in [-0.25, -0.2) is 0 Å². The number of anilines is 2. The molecule has 2 amide bonds. The maximum atomic E-state index is 12.4. The molecule has 0 saturated heterocycles. The van der Waals surface area contributed by atoms with Crippen LogP contribution >= 0.6 is 0 Å². The van der Waals surface area contributed by atoms with Crippen molar-refractivity contribution in [2.75, 3.05) is 10.6 Å². The molecule has 2 aromatic rings. The number of rotatable bonds is 5. The van der Waals surface area contributed by atoms with Crippen molar-refractivity contribution in [2.24, 2.45) is 5.92 Å². The summed E-state index contributed by atoms with van der Waals surface area (Å²) >= 11 is 0. The molecule has 2 rings (SSSR count). The molecule has 0 bridgehead atoms. The van der Waals surface area contributed by atoms with Crippen molar-refractivity contribution in [3.8, 4) is 0 Å². The van der Waals surface area contributed by atoms with Gasteiger partial charge in [0.15, 0.2) is 0 Å². The van der Waals surface area contributed by atoms with E-state index >= 15 is 0 Å². The lowest BCUT2D eigenvalue weighted by molar-refractivity contribution is -0.116. The minimum absolute atomic E-state index is 0.0121. The Balaban J connectivity index is 2.03. The standard InChI is InChI=1S/C19H24N2O3/c1-11(2)10-17(22)20-15-6-8-16(9-7-15)21-19(23)18-12(3)13(4)24-14(18)5/h6-9,11H,10H2,1-5H3,(H,20,22)(H,21,23). The van der Waals surface area contributed by atoms with Gasteiger partial charge in [0, 0.05) is 23.4 Å². The lowest BCUT2D eigenvalue weighted by Crippen LogP contribution is -2.15. The molecular weight excluding hydrogens is 304 g/mol. The summed E-state index contributed by atoms with van der Waals surface area (Å²) in [6.07, 6.45) is 0.483. The first-order valence-electron chi connectivity index (χ1n) is 8.05. The molecule has 1 aromatic heterocycles. The third-order valence-corrected chi connectivity index (χ3v) is 3.81. The van der Waals surface area contributed by atoms with Gasteiger partial charge in [-0.3, -0.25) is 9.59 Å². The molecule has 0 atom stereocenters. The fourth-order valence-electron chi connectivity index (χ4n) is 2.54. The Hall–Kier alpha value is -2.56. The van der Waals surface area contributed by atoms with E-state index in [1.807, 2.05) is 27.7 Å². The summed E-state index contributed by atoms with van der Waals surface area (Å²) in [4.78, 5) is 24.2. The van der Waals surface area contributed by atoms with Crippen LogP contribution in [-0.4, -0.2) is 11.8 Å². The SMILES string of the molecule is Cc1oc(C)c(C(=O)Nc2ccc(NC(=O)CC(C)C)cc2)c1C. The maximum Gasteiger partial charge on any atom is 0.259 e. The smallest absolute Gasteiger partial charge is 0.259 e. The van der Waals surface area contributed by atoms with Gasteiger partial charge in [0.25, 0.3) is 5.91 Å². The Labute approximate surface area is 142 Å². The third-order valence-electron chi connectivity index (χ3n) is 3.81. The first-order chi connectivity index (χ1) is 11.3. The fraction of sp³-hybridized carbons (Fsp3) is 0.368. The summed E-state index contributed by atoms with van der Waals surface area (Å²) in [6.45, 7) is 9.49. The van der Waals surface area contributed by atoms with Gasteiger partial charge in [-0.1, -0.05) is 13.8 Å². The fourth-order valence-corrected chi connectivity index (χ4v) is 2.54. The number of carbonyl (C=O) groups excluding carboxylic acids is 2. The molecule has 0 saturated carbocycles. The average Bonchev–Trinajstić information content (AvgIpc) is 2.73. The van der Waals surface area contributed by atoms with E-state index in [2.05, 4.69) is 10.6 Å². The molecule has 0 aliphatic heterocycles. The van der Waals surface area contributed by atoms with Gasteiger partial charge in [0.1, 0.15) is 11.5 Å². The molecule has 0 unspecified atom stereocenters. The lowest BCUT2D eigenvalue weighted by atomic mass is 10.1. The summed E-state index contributed by atoms with van der Waals surface area (Å²) in [5.41, 5.74) is 2.80. The minimum Gasteiger partial charge on any atom is -0.466 e. The van der Waals surface area contributed by atoms with Gasteiger partial charge in [0.05, 0.1) is 5.56 Å². The van der Waals surface area contributed by atoms with Crippen LogP contribution < -0.4 is 10.6 Å². The molecule has 0 spiro atoms. The highest BCUT2D eigenvalue weighted by Gasteiger charge is 2.18. The van der Waals surface area contributed by atoms with Gasteiger partial charge < -0.3 is 15.1 Å². The predicted octanol–water partition coefficient (Wildman–Crippen LogP) is 4.44. The Morgan fingerprint density at radius 3 is 1.96 bits per heavy atom. The molecule has 128 valence electrons. The van der Waals surface area contributed by atoms with Crippen molar-refractivity contribution in [1.29, 1.82) is 0 Å². The van der Waals surface area contributed by atoms with E-state index in [1.165, 1.54) is 0 Å². The van der Waals surface area contributed by atoms with Crippen LogP contribution in [0.4, 0.5) is 11.4 Å². The molecule has 0 fully saturated rings. The zero-order valence-electron chi connectivity index (χ0n) is 14.8. The lowest BCUT2D eigenvalue weighted by Gasteiger charge is -2.09. The number of benzene rings is 1.